The van der Waals surface area contributed by atoms with Crippen molar-refractivity contribution in [1.29, 1.82) is 0 Å². The first-order valence-corrected chi connectivity index (χ1v) is 17.2. The fourth-order valence-electron chi connectivity index (χ4n) is 4.47. The number of nitrogens with one attached hydrogen (secondary N) is 4. The third kappa shape index (κ3) is 16.6. The number of aldehydes is 1. The number of anilines is 1. The van der Waals surface area contributed by atoms with E-state index in [0.717, 1.165) is 24.3 Å². The van der Waals surface area contributed by atoms with Crippen LogP contribution in [0.3, 0.4) is 0 Å². The smallest absolute Gasteiger partial charge is 0.484 e. The summed E-state index contributed by atoms with van der Waals surface area (Å²) in [6, 6.07) is 9.16. The predicted molar refractivity (Wildman–Crippen MR) is 198 cm³/mol. The molecule has 0 saturated heterocycles. The predicted octanol–water partition coefficient (Wildman–Crippen LogP) is 1.39. The highest BCUT2D eigenvalue weighted by Crippen LogP contribution is 2.28. The Balaban J connectivity index is 1.42. The van der Waals surface area contributed by atoms with Crippen molar-refractivity contribution < 1.29 is 62.3 Å². The second-order valence-electron chi connectivity index (χ2n) is 11.6. The van der Waals surface area contributed by atoms with E-state index in [1.54, 1.807) is 0 Å². The molecule has 0 aliphatic heterocycles. The summed E-state index contributed by atoms with van der Waals surface area (Å²) in [5, 5.41) is 32.2. The van der Waals surface area contributed by atoms with Crippen molar-refractivity contribution in [2.45, 2.75) is 26.1 Å². The molecule has 1 heterocycles. The minimum absolute atomic E-state index is 0.00540. The molecule has 0 radical (unpaired) electrons. The molecular weight excluding hydrogens is 772 g/mol. The molecule has 0 unspecified atom stereocenters. The Labute approximate surface area is 329 Å². The number of amides is 4. The molecule has 0 aliphatic rings. The first-order valence-electron chi connectivity index (χ1n) is 17.2. The summed E-state index contributed by atoms with van der Waals surface area (Å²) in [5.41, 5.74) is 0.629. The van der Waals surface area contributed by atoms with E-state index in [1.807, 2.05) is 0 Å². The minimum Gasteiger partial charge on any atom is -0.484 e. The highest BCUT2D eigenvalue weighted by Gasteiger charge is 2.19. The molecule has 0 atom stereocenters. The van der Waals surface area contributed by atoms with Crippen LogP contribution in [0, 0.1) is 20.2 Å². The minimum atomic E-state index is -1.11. The first kappa shape index (κ1) is 45.1. The molecule has 23 nitrogen and oxygen atoms in total. The molecule has 0 aliphatic carbocycles. The molecule has 3 aromatic rings. The lowest BCUT2D eigenvalue weighted by Crippen LogP contribution is -2.33. The number of hydrogen-bond donors (Lipinski definition) is 4. The Morgan fingerprint density at radius 3 is 2.24 bits per heavy atom. The first-order chi connectivity index (χ1) is 27.9. The van der Waals surface area contributed by atoms with Crippen LogP contribution in [-0.2, 0) is 58.4 Å². The SMILES string of the molecule is Cn1c(COc2ccc(COC(=O)Oc3ccc([N+](=O)[O-])cc3)cc2NC(=O)CNC(=O)CCOCCOCCNC(=O)CCNC(=O)/C=C\C=O)cnc1[N+](=O)[O-]. The van der Waals surface area contributed by atoms with E-state index in [2.05, 4.69) is 26.3 Å². The molecule has 1 aromatic heterocycles. The highest BCUT2D eigenvalue weighted by molar-refractivity contribution is 5.95. The number of nitrogens with zero attached hydrogens (tertiary/aromatic N) is 4. The van der Waals surface area contributed by atoms with Crippen LogP contribution in [0.25, 0.3) is 0 Å². The zero-order valence-corrected chi connectivity index (χ0v) is 31.0. The molecule has 0 fully saturated rings. The van der Waals surface area contributed by atoms with Gasteiger partial charge < -0.3 is 55.1 Å². The lowest BCUT2D eigenvalue weighted by molar-refractivity contribution is -0.396. The normalized spacial score (nSPS) is 10.6. The van der Waals surface area contributed by atoms with E-state index in [9.17, 15) is 49.0 Å². The monoisotopic (exact) mass is 812 g/mol. The van der Waals surface area contributed by atoms with Gasteiger partial charge in [-0.15, -0.1) is 0 Å². The Morgan fingerprint density at radius 2 is 1.55 bits per heavy atom. The maximum Gasteiger partial charge on any atom is 0.514 e. The maximum atomic E-state index is 12.9. The topological polar surface area (TPSA) is 301 Å². The summed E-state index contributed by atoms with van der Waals surface area (Å²) in [4.78, 5) is 95.2. The second-order valence-corrected chi connectivity index (χ2v) is 11.6. The number of aromatic nitrogens is 2. The molecule has 0 bridgehead atoms. The van der Waals surface area contributed by atoms with Crippen LogP contribution in [-0.4, -0.2) is 102 Å². The number of carbonyl (C=O) groups excluding carboxylic acids is 6. The van der Waals surface area contributed by atoms with Gasteiger partial charge >= 0.3 is 12.1 Å². The van der Waals surface area contributed by atoms with Crippen LogP contribution in [0.4, 0.5) is 22.1 Å². The molecule has 58 heavy (non-hydrogen) atoms. The zero-order chi connectivity index (χ0) is 42.3. The van der Waals surface area contributed by atoms with E-state index in [4.69, 9.17) is 23.7 Å². The van der Waals surface area contributed by atoms with Crippen molar-refractivity contribution in [3.63, 3.8) is 0 Å². The number of carbonyl (C=O) groups is 6. The van der Waals surface area contributed by atoms with Gasteiger partial charge in [-0.3, -0.25) is 34.1 Å². The standard InChI is InChI=1S/C35H40N8O15/c1-41-26(20-39-34(41)43(52)53)23-56-29-9-4-24(22-57-35(49)58-27-7-5-25(6-8-27)42(50)51)19-28(29)40-33(48)21-38-32(47)11-15-54-17-18-55-16-13-37-31(46)10-12-36-30(45)3-2-14-44/h2-9,14,19-20H,10-13,15-18,21-23H2,1H3,(H,36,45)(H,37,46)(H,38,47)(H,40,48)/b3-2-. The Hall–Kier alpha value is -7.27. The van der Waals surface area contributed by atoms with Crippen molar-refractivity contribution in [3.8, 4) is 11.5 Å². The van der Waals surface area contributed by atoms with Gasteiger partial charge in [-0.2, -0.15) is 0 Å². The Morgan fingerprint density at radius 1 is 0.828 bits per heavy atom. The van der Waals surface area contributed by atoms with Crippen LogP contribution in [0.2, 0.25) is 0 Å². The lowest BCUT2D eigenvalue weighted by Gasteiger charge is -2.14. The molecule has 0 saturated carbocycles. The van der Waals surface area contributed by atoms with E-state index >= 15 is 0 Å². The summed E-state index contributed by atoms with van der Waals surface area (Å²) < 4.78 is 27.9. The van der Waals surface area contributed by atoms with Crippen LogP contribution in [0.5, 0.6) is 11.5 Å². The Kier molecular flexibility index (Phi) is 18.9. The quantitative estimate of drug-likeness (QED) is 0.0179. The number of allylic oxidation sites excluding steroid dienone is 1. The van der Waals surface area contributed by atoms with Crippen molar-refractivity contribution in [3.05, 3.63) is 92.3 Å². The van der Waals surface area contributed by atoms with E-state index in [1.165, 1.54) is 48.1 Å². The number of rotatable bonds is 25. The number of imidazole rings is 1. The van der Waals surface area contributed by atoms with Crippen molar-refractivity contribution >= 4 is 53.4 Å². The van der Waals surface area contributed by atoms with E-state index in [-0.39, 0.29) is 94.4 Å². The fourth-order valence-corrected chi connectivity index (χ4v) is 4.47. The molecule has 4 amide bonds. The van der Waals surface area contributed by atoms with Crippen LogP contribution in [0.1, 0.15) is 24.1 Å². The number of benzene rings is 2. The molecule has 310 valence electrons. The summed E-state index contributed by atoms with van der Waals surface area (Å²) in [6.45, 7) is -0.0439. The van der Waals surface area contributed by atoms with E-state index < -0.39 is 46.2 Å². The Bertz CT molecular complexity index is 1950. The molecule has 4 N–H and O–H groups in total. The summed E-state index contributed by atoms with van der Waals surface area (Å²) in [6.07, 6.45) is 2.68. The third-order valence-corrected chi connectivity index (χ3v) is 7.36. The molecule has 0 spiro atoms. The summed E-state index contributed by atoms with van der Waals surface area (Å²) in [7, 11) is 1.43. The lowest BCUT2D eigenvalue weighted by atomic mass is 10.2. The van der Waals surface area contributed by atoms with Crippen molar-refractivity contribution in [2.75, 3.05) is 51.4 Å². The number of nitro benzene ring substituents is 1. The highest BCUT2D eigenvalue weighted by atomic mass is 16.7. The van der Waals surface area contributed by atoms with Gasteiger partial charge in [0.05, 0.1) is 50.6 Å². The molecular formula is C35H40N8O15. The maximum absolute atomic E-state index is 12.9. The molecule has 23 heteroatoms. The average Bonchev–Trinajstić information content (AvgIpc) is 3.57. The van der Waals surface area contributed by atoms with Crippen LogP contribution >= 0.6 is 0 Å². The van der Waals surface area contributed by atoms with Gasteiger partial charge in [0.15, 0.2) is 5.69 Å². The van der Waals surface area contributed by atoms with Gasteiger partial charge in [0.1, 0.15) is 37.2 Å². The average molecular weight is 813 g/mol. The van der Waals surface area contributed by atoms with Gasteiger partial charge in [0, 0.05) is 44.1 Å². The number of nitro groups is 2. The molecule has 2 aromatic carbocycles. The van der Waals surface area contributed by atoms with Crippen molar-refractivity contribution in [1.82, 2.24) is 25.5 Å². The van der Waals surface area contributed by atoms with Crippen molar-refractivity contribution in [2.24, 2.45) is 7.05 Å². The largest absolute Gasteiger partial charge is 0.514 e. The van der Waals surface area contributed by atoms with Gasteiger partial charge in [-0.05, 0) is 40.8 Å². The summed E-state index contributed by atoms with van der Waals surface area (Å²) >= 11 is 0. The number of hydrogen-bond acceptors (Lipinski definition) is 16. The molecule has 3 rings (SSSR count). The van der Waals surface area contributed by atoms with Gasteiger partial charge in [0.25, 0.3) is 5.69 Å². The van der Waals surface area contributed by atoms with Gasteiger partial charge in [0.2, 0.25) is 23.6 Å². The van der Waals surface area contributed by atoms with Gasteiger partial charge in [-0.25, -0.2) is 9.36 Å². The fraction of sp³-hybridized carbons (Fsp3) is 0.343. The van der Waals surface area contributed by atoms with E-state index in [0.29, 0.717) is 17.5 Å². The van der Waals surface area contributed by atoms with Crippen LogP contribution in [0.15, 0.2) is 60.8 Å². The van der Waals surface area contributed by atoms with Gasteiger partial charge in [-0.1, -0.05) is 11.1 Å². The zero-order valence-electron chi connectivity index (χ0n) is 31.0. The third-order valence-electron chi connectivity index (χ3n) is 7.36. The summed E-state index contributed by atoms with van der Waals surface area (Å²) in [5.74, 6) is -2.19. The van der Waals surface area contributed by atoms with Crippen LogP contribution < -0.4 is 30.7 Å². The number of non-ortho nitro benzene ring substituents is 1. The second kappa shape index (κ2) is 24.3. The number of ether oxygens (including phenoxy) is 5.